The number of hydrogen-bond acceptors (Lipinski definition) is 5. The van der Waals surface area contributed by atoms with Crippen LogP contribution in [0.25, 0.3) is 0 Å². The zero-order chi connectivity index (χ0) is 10.6. The zero-order valence-electron chi connectivity index (χ0n) is 7.01. The molecule has 1 rings (SSSR count). The van der Waals surface area contributed by atoms with Crippen LogP contribution in [0, 0.1) is 0 Å². The van der Waals surface area contributed by atoms with Crippen LogP contribution in [0.2, 0.25) is 0 Å². The van der Waals surface area contributed by atoms with Gasteiger partial charge in [-0.25, -0.2) is 4.79 Å². The Kier molecular flexibility index (Phi) is 3.19. The van der Waals surface area contributed by atoms with Gasteiger partial charge in [-0.1, -0.05) is 5.16 Å². The lowest BCUT2D eigenvalue weighted by Crippen LogP contribution is -2.43. The van der Waals surface area contributed by atoms with E-state index in [1.54, 1.807) is 0 Å². The van der Waals surface area contributed by atoms with Crippen LogP contribution in [0.1, 0.15) is 10.5 Å². The first kappa shape index (κ1) is 10.2. The Balaban J connectivity index is 2.60. The first-order valence-electron chi connectivity index (χ1n) is 3.70. The fourth-order valence-corrected chi connectivity index (χ4v) is 0.747. The predicted octanol–water partition coefficient (Wildman–Crippen LogP) is -1.15. The predicted molar refractivity (Wildman–Crippen MR) is 42.5 cm³/mol. The van der Waals surface area contributed by atoms with Gasteiger partial charge in [0.25, 0.3) is 5.91 Å². The monoisotopic (exact) mass is 200 g/mol. The molecule has 0 radical (unpaired) electrons. The Labute approximate surface area is 78.3 Å². The third-order valence-electron chi connectivity index (χ3n) is 1.46. The fourth-order valence-electron chi connectivity index (χ4n) is 0.747. The summed E-state index contributed by atoms with van der Waals surface area (Å²) < 4.78 is 4.39. The number of carboxylic acid groups (broad SMARTS) is 1. The van der Waals surface area contributed by atoms with Crippen molar-refractivity contribution in [3.8, 4) is 0 Å². The highest BCUT2D eigenvalue weighted by Gasteiger charge is 2.20. The summed E-state index contributed by atoms with van der Waals surface area (Å²) in [5, 5.41) is 22.5. The summed E-state index contributed by atoms with van der Waals surface area (Å²) in [7, 11) is 0. The van der Waals surface area contributed by atoms with Gasteiger partial charge in [0.1, 0.15) is 6.26 Å². The summed E-state index contributed by atoms with van der Waals surface area (Å²) in [5.74, 6) is -2.02. The number of aliphatic hydroxyl groups excluding tert-OH is 1. The van der Waals surface area contributed by atoms with Gasteiger partial charge < -0.3 is 20.1 Å². The van der Waals surface area contributed by atoms with Gasteiger partial charge in [0.15, 0.2) is 11.7 Å². The van der Waals surface area contributed by atoms with Gasteiger partial charge in [0, 0.05) is 6.07 Å². The number of rotatable bonds is 4. The maximum atomic E-state index is 11.2. The lowest BCUT2D eigenvalue weighted by Gasteiger charge is -2.09. The summed E-state index contributed by atoms with van der Waals surface area (Å²) >= 11 is 0. The highest BCUT2D eigenvalue weighted by molar-refractivity contribution is 5.94. The topological polar surface area (TPSA) is 113 Å². The Morgan fingerprint density at radius 3 is 2.79 bits per heavy atom. The summed E-state index contributed by atoms with van der Waals surface area (Å²) in [6.45, 7) is -0.682. The number of amides is 1. The van der Waals surface area contributed by atoms with Crippen LogP contribution in [0.15, 0.2) is 16.9 Å². The van der Waals surface area contributed by atoms with Crippen LogP contribution in [-0.2, 0) is 4.79 Å². The van der Waals surface area contributed by atoms with E-state index >= 15 is 0 Å². The van der Waals surface area contributed by atoms with E-state index < -0.39 is 24.5 Å². The molecule has 0 aliphatic rings. The van der Waals surface area contributed by atoms with E-state index in [0.717, 1.165) is 0 Å². The molecule has 0 saturated heterocycles. The summed E-state index contributed by atoms with van der Waals surface area (Å²) in [4.78, 5) is 21.6. The van der Waals surface area contributed by atoms with E-state index in [0.29, 0.717) is 0 Å². The summed E-state index contributed by atoms with van der Waals surface area (Å²) in [6.07, 6.45) is 1.18. The van der Waals surface area contributed by atoms with E-state index in [-0.39, 0.29) is 5.69 Å². The van der Waals surface area contributed by atoms with Gasteiger partial charge in [-0.3, -0.25) is 4.79 Å². The van der Waals surface area contributed by atoms with Crippen molar-refractivity contribution in [2.24, 2.45) is 0 Å². The maximum absolute atomic E-state index is 11.2. The summed E-state index contributed by atoms with van der Waals surface area (Å²) in [5.41, 5.74) is -0.0373. The van der Waals surface area contributed by atoms with E-state index in [9.17, 15) is 9.59 Å². The van der Waals surface area contributed by atoms with Crippen molar-refractivity contribution in [1.29, 1.82) is 0 Å². The SMILES string of the molecule is O=C(N[C@@H](CO)C(=O)O)c1ccon1. The highest BCUT2D eigenvalue weighted by atomic mass is 16.5. The molecule has 0 aromatic carbocycles. The average molecular weight is 200 g/mol. The number of hydrogen-bond donors (Lipinski definition) is 3. The highest BCUT2D eigenvalue weighted by Crippen LogP contribution is 1.95. The molecule has 1 aromatic heterocycles. The molecule has 0 bridgehead atoms. The second-order valence-electron chi connectivity index (χ2n) is 2.43. The Bertz CT molecular complexity index is 321. The van der Waals surface area contributed by atoms with Crippen LogP contribution in [0.5, 0.6) is 0 Å². The molecule has 0 saturated carbocycles. The minimum atomic E-state index is -1.33. The van der Waals surface area contributed by atoms with Crippen molar-refractivity contribution in [2.45, 2.75) is 6.04 Å². The van der Waals surface area contributed by atoms with Crippen molar-refractivity contribution in [3.05, 3.63) is 18.0 Å². The molecule has 0 aliphatic carbocycles. The number of carbonyl (C=O) groups is 2. The molecule has 76 valence electrons. The van der Waals surface area contributed by atoms with Gasteiger partial charge in [0.05, 0.1) is 6.61 Å². The van der Waals surface area contributed by atoms with Gasteiger partial charge in [-0.2, -0.15) is 0 Å². The second kappa shape index (κ2) is 4.38. The summed E-state index contributed by atoms with van der Waals surface area (Å²) in [6, 6.07) is -0.0507. The van der Waals surface area contributed by atoms with Crippen molar-refractivity contribution in [3.63, 3.8) is 0 Å². The lowest BCUT2D eigenvalue weighted by molar-refractivity contribution is -0.140. The number of aromatic nitrogens is 1. The lowest BCUT2D eigenvalue weighted by atomic mass is 10.3. The van der Waals surface area contributed by atoms with Crippen LogP contribution >= 0.6 is 0 Å². The van der Waals surface area contributed by atoms with Crippen molar-refractivity contribution < 1.29 is 24.3 Å². The van der Waals surface area contributed by atoms with Gasteiger partial charge in [-0.05, 0) is 0 Å². The minimum absolute atomic E-state index is 0.0373. The first-order valence-corrected chi connectivity index (χ1v) is 3.70. The fraction of sp³-hybridized carbons (Fsp3) is 0.286. The van der Waals surface area contributed by atoms with Gasteiger partial charge in [0.2, 0.25) is 0 Å². The first-order chi connectivity index (χ1) is 6.65. The van der Waals surface area contributed by atoms with E-state index in [1.165, 1.54) is 12.3 Å². The Morgan fingerprint density at radius 1 is 1.64 bits per heavy atom. The van der Waals surface area contributed by atoms with E-state index in [2.05, 4.69) is 15.0 Å². The van der Waals surface area contributed by atoms with Crippen molar-refractivity contribution >= 4 is 11.9 Å². The number of nitrogens with one attached hydrogen (secondary N) is 1. The molecule has 0 unspecified atom stereocenters. The average Bonchev–Trinajstić information content (AvgIpc) is 2.65. The molecule has 7 heteroatoms. The molecule has 14 heavy (non-hydrogen) atoms. The van der Waals surface area contributed by atoms with Gasteiger partial charge >= 0.3 is 5.97 Å². The van der Waals surface area contributed by atoms with Crippen LogP contribution in [-0.4, -0.2) is 39.9 Å². The van der Waals surface area contributed by atoms with Crippen molar-refractivity contribution in [2.75, 3.05) is 6.61 Å². The third-order valence-corrected chi connectivity index (χ3v) is 1.46. The molecule has 1 heterocycles. The third kappa shape index (κ3) is 2.30. The number of nitrogens with zero attached hydrogens (tertiary/aromatic N) is 1. The number of aliphatic carboxylic acids is 1. The molecule has 0 spiro atoms. The van der Waals surface area contributed by atoms with Gasteiger partial charge in [-0.15, -0.1) is 0 Å². The zero-order valence-corrected chi connectivity index (χ0v) is 7.01. The molecule has 0 fully saturated rings. The van der Waals surface area contributed by atoms with Crippen LogP contribution < -0.4 is 5.32 Å². The molecule has 1 atom stereocenters. The molecule has 0 aliphatic heterocycles. The number of aliphatic hydroxyl groups is 1. The van der Waals surface area contributed by atoms with Crippen LogP contribution in [0.3, 0.4) is 0 Å². The quantitative estimate of drug-likeness (QED) is 0.565. The molecule has 3 N–H and O–H groups in total. The van der Waals surface area contributed by atoms with Crippen molar-refractivity contribution in [1.82, 2.24) is 10.5 Å². The van der Waals surface area contributed by atoms with E-state index in [4.69, 9.17) is 10.2 Å². The van der Waals surface area contributed by atoms with E-state index in [1.807, 2.05) is 0 Å². The Hall–Kier alpha value is -1.89. The standard InChI is InChI=1S/C7H8N2O5/c10-3-5(7(12)13)8-6(11)4-1-2-14-9-4/h1-2,5,10H,3H2,(H,8,11)(H,12,13)/t5-/m0/s1. The maximum Gasteiger partial charge on any atom is 0.328 e. The molecule has 1 aromatic rings. The molecule has 7 nitrogen and oxygen atoms in total. The normalized spacial score (nSPS) is 12.1. The minimum Gasteiger partial charge on any atom is -0.480 e. The largest absolute Gasteiger partial charge is 0.480 e. The second-order valence-corrected chi connectivity index (χ2v) is 2.43. The van der Waals surface area contributed by atoms with Crippen LogP contribution in [0.4, 0.5) is 0 Å². The molecule has 1 amide bonds. The number of carboxylic acids is 1. The molecular formula is C7H8N2O5. The Morgan fingerprint density at radius 2 is 2.36 bits per heavy atom. The molecular weight excluding hydrogens is 192 g/mol. The number of carbonyl (C=O) groups excluding carboxylic acids is 1. The smallest absolute Gasteiger partial charge is 0.328 e.